The molecule has 11 heteroatoms. The molecule has 0 aromatic heterocycles. The highest BCUT2D eigenvalue weighted by atomic mass is 79.9. The highest BCUT2D eigenvalue weighted by Gasteiger charge is 2.42. The standard InChI is InChI=1S/C42H60Br2N2O7/c1-4-7-9-11-13-14-16-18-20-30(19-17-15-12-10-8-5-2)29-46-40(48)32-28-33(43)37-35-31(27-34(44)38(36(32)35)42(46)50)39(47)45(41(37)49)21-22-52-25-26-53-24-23-51-6-3/h27-28,30H,4-26,29H2,1-3H3. The SMILES string of the molecule is CCCCCCCCCCC(CCCCCCCC)CN1C(=O)c2cc(Br)c3c4c(cc(Br)c(c24)C1=O)C(=O)N(CCOCCOCCOCC)C3=O. The number of imide groups is 2. The first-order valence-electron chi connectivity index (χ1n) is 20.2. The van der Waals surface area contributed by atoms with E-state index in [-0.39, 0.29) is 42.0 Å². The molecule has 0 saturated carbocycles. The van der Waals surface area contributed by atoms with Gasteiger partial charge in [0.15, 0.2) is 0 Å². The molecule has 0 fully saturated rings. The maximum absolute atomic E-state index is 14.3. The molecular weight excluding hydrogens is 804 g/mol. The number of carbonyl (C=O) groups is 4. The quantitative estimate of drug-likeness (QED) is 0.0620. The molecule has 1 atom stereocenters. The Morgan fingerprint density at radius 2 is 0.943 bits per heavy atom. The number of carbonyl (C=O) groups excluding carboxylic acids is 4. The Bertz CT molecular complexity index is 1550. The fourth-order valence-corrected chi connectivity index (χ4v) is 8.74. The number of unbranched alkanes of at least 4 members (excludes halogenated alkanes) is 12. The zero-order valence-electron chi connectivity index (χ0n) is 32.2. The molecule has 2 aromatic carbocycles. The lowest BCUT2D eigenvalue weighted by Crippen LogP contribution is -2.45. The highest BCUT2D eigenvalue weighted by Crippen LogP contribution is 2.44. The van der Waals surface area contributed by atoms with Crippen molar-refractivity contribution in [1.29, 1.82) is 0 Å². The predicted molar refractivity (Wildman–Crippen MR) is 217 cm³/mol. The van der Waals surface area contributed by atoms with Crippen molar-refractivity contribution in [1.82, 2.24) is 9.80 Å². The van der Waals surface area contributed by atoms with Gasteiger partial charge in [-0.15, -0.1) is 0 Å². The molecule has 0 spiro atoms. The second-order valence-corrected chi connectivity index (χ2v) is 16.1. The molecule has 2 aromatic rings. The molecule has 2 aliphatic rings. The Hall–Kier alpha value is -2.18. The van der Waals surface area contributed by atoms with E-state index in [0.29, 0.717) is 70.4 Å². The Kier molecular flexibility index (Phi) is 18.9. The molecule has 4 rings (SSSR count). The van der Waals surface area contributed by atoms with Crippen LogP contribution in [0.4, 0.5) is 0 Å². The van der Waals surface area contributed by atoms with E-state index in [2.05, 4.69) is 45.7 Å². The summed E-state index contributed by atoms with van der Waals surface area (Å²) in [6.07, 6.45) is 19.0. The van der Waals surface area contributed by atoms with Gasteiger partial charge >= 0.3 is 0 Å². The van der Waals surface area contributed by atoms with Gasteiger partial charge in [0.05, 0.1) is 50.7 Å². The lowest BCUT2D eigenvalue weighted by molar-refractivity contribution is 0.0127. The lowest BCUT2D eigenvalue weighted by Gasteiger charge is -2.34. The van der Waals surface area contributed by atoms with Gasteiger partial charge in [0, 0.05) is 44.0 Å². The molecule has 0 radical (unpaired) electrons. The summed E-state index contributed by atoms with van der Waals surface area (Å²) in [6, 6.07) is 3.29. The Morgan fingerprint density at radius 1 is 0.528 bits per heavy atom. The molecule has 0 saturated heterocycles. The van der Waals surface area contributed by atoms with E-state index in [9.17, 15) is 19.2 Å². The van der Waals surface area contributed by atoms with Gasteiger partial charge in [-0.1, -0.05) is 104 Å². The van der Waals surface area contributed by atoms with Crippen LogP contribution in [0, 0.1) is 5.92 Å². The number of hydrogen-bond acceptors (Lipinski definition) is 7. The minimum Gasteiger partial charge on any atom is -0.379 e. The van der Waals surface area contributed by atoms with Gasteiger partial charge in [-0.3, -0.25) is 29.0 Å². The summed E-state index contributed by atoms with van der Waals surface area (Å²) in [5.41, 5.74) is 1.21. The molecule has 53 heavy (non-hydrogen) atoms. The van der Waals surface area contributed by atoms with E-state index in [1.54, 1.807) is 12.1 Å². The summed E-state index contributed by atoms with van der Waals surface area (Å²) in [5, 5.41) is 0.725. The number of hydrogen-bond donors (Lipinski definition) is 0. The Balaban J connectivity index is 1.49. The molecule has 0 bridgehead atoms. The average Bonchev–Trinajstić information content (AvgIpc) is 3.14. The van der Waals surface area contributed by atoms with Crippen LogP contribution in [0.25, 0.3) is 10.8 Å². The summed E-state index contributed by atoms with van der Waals surface area (Å²) in [5.74, 6) is -1.51. The zero-order valence-corrected chi connectivity index (χ0v) is 35.4. The largest absolute Gasteiger partial charge is 0.379 e. The van der Waals surface area contributed by atoms with Crippen molar-refractivity contribution in [3.8, 4) is 0 Å². The molecule has 2 heterocycles. The summed E-state index contributed by atoms with van der Waals surface area (Å²) >= 11 is 7.18. The van der Waals surface area contributed by atoms with Gasteiger partial charge < -0.3 is 14.2 Å². The van der Waals surface area contributed by atoms with Crippen molar-refractivity contribution in [2.45, 2.75) is 124 Å². The van der Waals surface area contributed by atoms with Crippen LogP contribution in [0.3, 0.4) is 0 Å². The number of nitrogens with zero attached hydrogens (tertiary/aromatic N) is 2. The predicted octanol–water partition coefficient (Wildman–Crippen LogP) is 10.5. The van der Waals surface area contributed by atoms with E-state index in [1.165, 1.54) is 80.4 Å². The van der Waals surface area contributed by atoms with Gasteiger partial charge in [-0.05, 0) is 69.7 Å². The number of ether oxygens (including phenoxy) is 3. The van der Waals surface area contributed by atoms with E-state index in [0.717, 1.165) is 32.1 Å². The Labute approximate surface area is 333 Å². The van der Waals surface area contributed by atoms with Crippen LogP contribution in [0.1, 0.15) is 165 Å². The average molecular weight is 865 g/mol. The number of benzene rings is 2. The zero-order chi connectivity index (χ0) is 38.2. The van der Waals surface area contributed by atoms with E-state index >= 15 is 0 Å². The van der Waals surface area contributed by atoms with Crippen molar-refractivity contribution in [3.05, 3.63) is 43.3 Å². The summed E-state index contributed by atoms with van der Waals surface area (Å²) in [7, 11) is 0. The Morgan fingerprint density at radius 3 is 1.43 bits per heavy atom. The van der Waals surface area contributed by atoms with Crippen LogP contribution in [0.5, 0.6) is 0 Å². The van der Waals surface area contributed by atoms with Crippen molar-refractivity contribution in [3.63, 3.8) is 0 Å². The number of rotatable bonds is 28. The minimum atomic E-state index is -0.488. The maximum atomic E-state index is 14.3. The molecule has 0 aliphatic carbocycles. The molecule has 9 nitrogen and oxygen atoms in total. The van der Waals surface area contributed by atoms with Crippen LogP contribution < -0.4 is 0 Å². The highest BCUT2D eigenvalue weighted by molar-refractivity contribution is 9.10. The van der Waals surface area contributed by atoms with Crippen LogP contribution in [0.2, 0.25) is 0 Å². The van der Waals surface area contributed by atoms with Crippen molar-refractivity contribution in [2.24, 2.45) is 5.92 Å². The monoisotopic (exact) mass is 862 g/mol. The van der Waals surface area contributed by atoms with Crippen molar-refractivity contribution in [2.75, 3.05) is 52.7 Å². The van der Waals surface area contributed by atoms with Crippen LogP contribution >= 0.6 is 31.9 Å². The summed E-state index contributed by atoms with van der Waals surface area (Å²) in [4.78, 5) is 58.9. The van der Waals surface area contributed by atoms with E-state index in [4.69, 9.17) is 14.2 Å². The third-order valence-electron chi connectivity index (χ3n) is 10.5. The molecule has 2 aliphatic heterocycles. The fourth-order valence-electron chi connectivity index (χ4n) is 7.54. The normalized spacial score (nSPS) is 14.7. The van der Waals surface area contributed by atoms with Crippen LogP contribution in [-0.2, 0) is 14.2 Å². The van der Waals surface area contributed by atoms with Gasteiger partial charge in [0.1, 0.15) is 0 Å². The summed E-state index contributed by atoms with van der Waals surface area (Å²) in [6.45, 7) is 9.25. The third kappa shape index (κ3) is 11.7. The van der Waals surface area contributed by atoms with E-state index < -0.39 is 11.8 Å². The lowest BCUT2D eigenvalue weighted by atomic mass is 9.85. The topological polar surface area (TPSA) is 102 Å². The van der Waals surface area contributed by atoms with Gasteiger partial charge in [0.2, 0.25) is 0 Å². The number of amides is 4. The maximum Gasteiger partial charge on any atom is 0.262 e. The van der Waals surface area contributed by atoms with Crippen molar-refractivity contribution >= 4 is 66.3 Å². The first-order chi connectivity index (χ1) is 25.8. The first kappa shape index (κ1) is 43.5. The number of halogens is 2. The van der Waals surface area contributed by atoms with Crippen molar-refractivity contribution < 1.29 is 33.4 Å². The van der Waals surface area contributed by atoms with E-state index in [1.807, 2.05) is 6.92 Å². The molecule has 4 amide bonds. The second kappa shape index (κ2) is 23.0. The molecular formula is C42H60Br2N2O7. The molecule has 294 valence electrons. The molecule has 1 unspecified atom stereocenters. The van der Waals surface area contributed by atoms with Gasteiger partial charge in [0.25, 0.3) is 23.6 Å². The van der Waals surface area contributed by atoms with Crippen LogP contribution in [-0.4, -0.2) is 86.2 Å². The first-order valence-corrected chi connectivity index (χ1v) is 21.8. The second-order valence-electron chi connectivity index (χ2n) is 14.4. The third-order valence-corrected chi connectivity index (χ3v) is 11.7. The summed E-state index contributed by atoms with van der Waals surface area (Å²) < 4.78 is 17.3. The van der Waals surface area contributed by atoms with Crippen LogP contribution in [0.15, 0.2) is 21.1 Å². The molecule has 0 N–H and O–H groups in total. The smallest absolute Gasteiger partial charge is 0.262 e. The minimum absolute atomic E-state index is 0.0512. The van der Waals surface area contributed by atoms with Gasteiger partial charge in [-0.2, -0.15) is 0 Å². The fraction of sp³-hybridized carbons (Fsp3) is 0.667. The van der Waals surface area contributed by atoms with Gasteiger partial charge in [-0.25, -0.2) is 0 Å².